The van der Waals surface area contributed by atoms with E-state index >= 15 is 0 Å². The van der Waals surface area contributed by atoms with Gasteiger partial charge in [-0.3, -0.25) is 0 Å². The molecule has 0 bridgehead atoms. The van der Waals surface area contributed by atoms with Crippen LogP contribution in [0.5, 0.6) is 0 Å². The van der Waals surface area contributed by atoms with E-state index in [1.165, 1.54) is 6.26 Å². The second-order valence-corrected chi connectivity index (χ2v) is 2.06. The summed E-state index contributed by atoms with van der Waals surface area (Å²) in [5.41, 5.74) is 3.51. The lowest BCUT2D eigenvalue weighted by Gasteiger charge is -2.05. The van der Waals surface area contributed by atoms with Crippen molar-refractivity contribution in [3.63, 3.8) is 0 Å². The quantitative estimate of drug-likeness (QED) is 0.557. The Bertz CT molecular complexity index is 242. The zero-order valence-corrected chi connectivity index (χ0v) is 5.74. The molecule has 58 valence electrons. The highest BCUT2D eigenvalue weighted by molar-refractivity contribution is 5.36. The summed E-state index contributed by atoms with van der Waals surface area (Å²) in [5.74, 6) is 0.671. The van der Waals surface area contributed by atoms with Gasteiger partial charge in [-0.15, -0.1) is 0 Å². The summed E-state index contributed by atoms with van der Waals surface area (Å²) >= 11 is 0. The van der Waals surface area contributed by atoms with E-state index in [9.17, 15) is 0 Å². The van der Waals surface area contributed by atoms with Gasteiger partial charge in [0.15, 0.2) is 5.76 Å². The second kappa shape index (κ2) is 2.57. The molecule has 4 nitrogen and oxygen atoms in total. The maximum absolute atomic E-state index is 4.98. The van der Waals surface area contributed by atoms with Crippen LogP contribution < -0.4 is 5.48 Å². The number of ether oxygens (including phenoxy) is 2. The van der Waals surface area contributed by atoms with E-state index in [1.807, 2.05) is 0 Å². The lowest BCUT2D eigenvalue weighted by atomic mass is 10.2. The second-order valence-electron chi connectivity index (χ2n) is 2.06. The summed E-state index contributed by atoms with van der Waals surface area (Å²) in [4.78, 5) is 4.98. The van der Waals surface area contributed by atoms with Gasteiger partial charge in [0.1, 0.15) is 6.26 Å². The van der Waals surface area contributed by atoms with Crippen molar-refractivity contribution >= 4 is 0 Å². The smallest absolute Gasteiger partial charge is 0.229 e. The van der Waals surface area contributed by atoms with Gasteiger partial charge in [-0.05, 0) is 6.08 Å². The fraction of sp³-hybridized carbons (Fsp3) is 0.143. The number of nitrogens with one attached hydrogen (secondary N) is 1. The molecule has 0 atom stereocenters. The molecule has 1 N–H and O–H groups in total. The average molecular weight is 153 g/mol. The summed E-state index contributed by atoms with van der Waals surface area (Å²) < 4.78 is 9.86. The van der Waals surface area contributed by atoms with E-state index in [4.69, 9.17) is 14.3 Å². The number of hydrogen-bond acceptors (Lipinski definition) is 4. The van der Waals surface area contributed by atoms with Gasteiger partial charge in [-0.25, -0.2) is 5.48 Å². The fourth-order valence-corrected chi connectivity index (χ4v) is 0.819. The molecule has 0 fully saturated rings. The van der Waals surface area contributed by atoms with Gasteiger partial charge < -0.3 is 14.3 Å². The van der Waals surface area contributed by atoms with Crippen molar-refractivity contribution in [3.8, 4) is 0 Å². The normalized spacial score (nSPS) is 23.3. The van der Waals surface area contributed by atoms with Gasteiger partial charge in [0.05, 0.1) is 6.26 Å². The van der Waals surface area contributed by atoms with Gasteiger partial charge in [-0.2, -0.15) is 0 Å². The molecule has 0 spiro atoms. The fourth-order valence-electron chi connectivity index (χ4n) is 0.819. The molecule has 0 saturated heterocycles. The maximum Gasteiger partial charge on any atom is 0.229 e. The first-order valence-electron chi connectivity index (χ1n) is 3.20. The number of fused-ring (bicyclic) bond motifs is 1. The largest absolute Gasteiger partial charge is 0.465 e. The molecule has 0 aromatic heterocycles. The Kier molecular flexibility index (Phi) is 1.44. The van der Waals surface area contributed by atoms with Gasteiger partial charge in [0.2, 0.25) is 6.79 Å². The lowest BCUT2D eigenvalue weighted by molar-refractivity contribution is 0.0351. The van der Waals surface area contributed by atoms with E-state index in [-0.39, 0.29) is 6.79 Å². The van der Waals surface area contributed by atoms with Crippen LogP contribution in [0.3, 0.4) is 0 Å². The molecule has 4 heteroatoms. The molecular formula is C7H7NO3. The van der Waals surface area contributed by atoms with Crippen LogP contribution in [0.2, 0.25) is 0 Å². The minimum Gasteiger partial charge on any atom is -0.465 e. The zero-order valence-electron chi connectivity index (χ0n) is 5.74. The van der Waals surface area contributed by atoms with Crippen LogP contribution in [0.1, 0.15) is 0 Å². The molecule has 0 unspecified atom stereocenters. The van der Waals surface area contributed by atoms with Crippen molar-refractivity contribution in [2.24, 2.45) is 0 Å². The predicted molar refractivity (Wildman–Crippen MR) is 36.6 cm³/mol. The van der Waals surface area contributed by atoms with Crippen molar-refractivity contribution in [2.75, 3.05) is 6.79 Å². The van der Waals surface area contributed by atoms with Crippen molar-refractivity contribution in [1.82, 2.24) is 5.48 Å². The SMILES string of the molecule is C1=C2/C=C/OCOC=C2ON1. The van der Waals surface area contributed by atoms with Crippen molar-refractivity contribution in [3.05, 3.63) is 36.1 Å². The topological polar surface area (TPSA) is 39.7 Å². The molecule has 2 aliphatic rings. The Balaban J connectivity index is 2.24. The maximum atomic E-state index is 4.98. The van der Waals surface area contributed by atoms with Gasteiger partial charge in [0, 0.05) is 11.8 Å². The van der Waals surface area contributed by atoms with Crippen molar-refractivity contribution < 1.29 is 14.3 Å². The molecule has 2 rings (SSSR count). The molecule has 11 heavy (non-hydrogen) atoms. The van der Waals surface area contributed by atoms with Crippen LogP contribution in [0.15, 0.2) is 36.1 Å². The summed E-state index contributed by atoms with van der Waals surface area (Å²) in [7, 11) is 0. The van der Waals surface area contributed by atoms with Gasteiger partial charge in [-0.1, -0.05) is 0 Å². The molecule has 0 amide bonds. The summed E-state index contributed by atoms with van der Waals surface area (Å²) in [6.45, 7) is 0.219. The first-order chi connectivity index (χ1) is 5.47. The van der Waals surface area contributed by atoms with Gasteiger partial charge in [0.25, 0.3) is 0 Å². The van der Waals surface area contributed by atoms with Crippen LogP contribution in [-0.4, -0.2) is 6.79 Å². The molecule has 2 aliphatic heterocycles. The Morgan fingerprint density at radius 2 is 2.36 bits per heavy atom. The lowest BCUT2D eigenvalue weighted by Crippen LogP contribution is -1.99. The Morgan fingerprint density at radius 3 is 3.36 bits per heavy atom. The molecular weight excluding hydrogens is 146 g/mol. The number of hydroxylamine groups is 1. The van der Waals surface area contributed by atoms with Crippen molar-refractivity contribution in [2.45, 2.75) is 0 Å². The number of hydrogen-bond donors (Lipinski definition) is 1. The summed E-state index contributed by atoms with van der Waals surface area (Å²) in [5, 5.41) is 0. The first-order valence-corrected chi connectivity index (χ1v) is 3.20. The highest BCUT2D eigenvalue weighted by Crippen LogP contribution is 2.17. The third-order valence-corrected chi connectivity index (χ3v) is 1.34. The third-order valence-electron chi connectivity index (χ3n) is 1.34. The zero-order chi connectivity index (χ0) is 7.52. The predicted octanol–water partition coefficient (Wildman–Crippen LogP) is 0.764. The van der Waals surface area contributed by atoms with Crippen LogP contribution >= 0.6 is 0 Å². The van der Waals surface area contributed by atoms with E-state index < -0.39 is 0 Å². The van der Waals surface area contributed by atoms with Crippen LogP contribution in [0, 0.1) is 0 Å². The van der Waals surface area contributed by atoms with E-state index in [2.05, 4.69) is 5.48 Å². The van der Waals surface area contributed by atoms with Crippen LogP contribution in [0.4, 0.5) is 0 Å². The number of rotatable bonds is 0. The molecule has 0 aliphatic carbocycles. The summed E-state index contributed by atoms with van der Waals surface area (Å²) in [6.07, 6.45) is 6.60. The van der Waals surface area contributed by atoms with E-state index in [0.29, 0.717) is 5.76 Å². The Labute approximate surface area is 63.7 Å². The van der Waals surface area contributed by atoms with Crippen LogP contribution in [-0.2, 0) is 14.3 Å². The molecule has 0 aromatic rings. The Hall–Kier alpha value is -1.58. The standard InChI is InChI=1S/C7H7NO3/c1-2-9-5-10-4-7-6(1)3-8-11-7/h1-4,8H,5H2/b2-1+,7-4?. The Morgan fingerprint density at radius 1 is 1.36 bits per heavy atom. The van der Waals surface area contributed by atoms with E-state index in [1.54, 1.807) is 18.5 Å². The highest BCUT2D eigenvalue weighted by atomic mass is 16.7. The average Bonchev–Trinajstić information content (AvgIpc) is 2.35. The monoisotopic (exact) mass is 153 g/mol. The van der Waals surface area contributed by atoms with Crippen molar-refractivity contribution in [1.29, 1.82) is 0 Å². The molecule has 2 heterocycles. The first kappa shape index (κ1) is 6.15. The van der Waals surface area contributed by atoms with Crippen LogP contribution in [0.25, 0.3) is 0 Å². The minimum absolute atomic E-state index is 0.219. The molecule has 0 aromatic carbocycles. The summed E-state index contributed by atoms with van der Waals surface area (Å²) in [6, 6.07) is 0. The van der Waals surface area contributed by atoms with E-state index in [0.717, 1.165) is 5.57 Å². The minimum atomic E-state index is 0.219. The molecule has 0 radical (unpaired) electrons. The van der Waals surface area contributed by atoms with Gasteiger partial charge >= 0.3 is 0 Å². The third kappa shape index (κ3) is 1.14. The number of allylic oxidation sites excluding steroid dienone is 1. The molecule has 0 saturated carbocycles. The highest BCUT2D eigenvalue weighted by Gasteiger charge is 2.11.